The molecule has 2 aromatic heterocycles. The minimum Gasteiger partial charge on any atom is -0.383 e. The van der Waals surface area contributed by atoms with Crippen molar-refractivity contribution in [2.75, 3.05) is 39.9 Å². The summed E-state index contributed by atoms with van der Waals surface area (Å²) in [4.78, 5) is 29.8. The van der Waals surface area contributed by atoms with E-state index in [9.17, 15) is 9.59 Å². The van der Waals surface area contributed by atoms with Gasteiger partial charge in [0.2, 0.25) is 0 Å². The Labute approximate surface area is 160 Å². The highest BCUT2D eigenvalue weighted by Crippen LogP contribution is 2.23. The van der Waals surface area contributed by atoms with Crippen LogP contribution in [0.4, 0.5) is 0 Å². The number of amides is 1. The summed E-state index contributed by atoms with van der Waals surface area (Å²) in [6.07, 6.45) is 0. The number of methoxy groups -OCH3 is 1. The maximum Gasteiger partial charge on any atom is 0.274 e. The van der Waals surface area contributed by atoms with Crippen molar-refractivity contribution >= 4 is 28.8 Å². The van der Waals surface area contributed by atoms with E-state index in [1.165, 1.54) is 21.7 Å². The molecule has 0 saturated carbocycles. The Kier molecular flexibility index (Phi) is 6.42. The molecule has 0 aromatic carbocycles. The molecule has 0 unspecified atom stereocenters. The predicted octanol–water partition coefficient (Wildman–Crippen LogP) is 1.56. The van der Waals surface area contributed by atoms with Gasteiger partial charge in [-0.3, -0.25) is 14.5 Å². The zero-order valence-corrected chi connectivity index (χ0v) is 16.1. The van der Waals surface area contributed by atoms with E-state index in [1.807, 2.05) is 12.1 Å². The van der Waals surface area contributed by atoms with Crippen molar-refractivity contribution in [3.8, 4) is 0 Å². The zero-order chi connectivity index (χ0) is 18.5. The lowest BCUT2D eigenvalue weighted by molar-refractivity contribution is 0.0620. The first kappa shape index (κ1) is 19.0. The molecule has 1 amide bonds. The van der Waals surface area contributed by atoms with Crippen LogP contribution in [0.1, 0.15) is 15.4 Å². The molecule has 3 heterocycles. The van der Waals surface area contributed by atoms with Crippen molar-refractivity contribution in [2.24, 2.45) is 0 Å². The van der Waals surface area contributed by atoms with E-state index >= 15 is 0 Å². The summed E-state index contributed by atoms with van der Waals surface area (Å²) < 4.78 is 7.04. The van der Waals surface area contributed by atoms with Gasteiger partial charge in [-0.2, -0.15) is 5.10 Å². The topological polar surface area (TPSA) is 67.7 Å². The summed E-state index contributed by atoms with van der Waals surface area (Å²) in [6, 6.07) is 6.82. The molecule has 0 N–H and O–H groups in total. The summed E-state index contributed by atoms with van der Waals surface area (Å²) >= 11 is 7.56. The first-order chi connectivity index (χ1) is 12.6. The number of aromatic nitrogens is 2. The summed E-state index contributed by atoms with van der Waals surface area (Å²) in [5.74, 6) is -0.144. The maximum absolute atomic E-state index is 12.7. The quantitative estimate of drug-likeness (QED) is 0.741. The third-order valence-electron chi connectivity index (χ3n) is 4.26. The largest absolute Gasteiger partial charge is 0.383 e. The molecule has 1 aliphatic heterocycles. The van der Waals surface area contributed by atoms with Crippen molar-refractivity contribution in [3.63, 3.8) is 0 Å². The lowest BCUT2D eigenvalue weighted by atomic mass is 10.2. The smallest absolute Gasteiger partial charge is 0.274 e. The number of carbonyl (C=O) groups excluding carboxylic acids is 1. The van der Waals surface area contributed by atoms with Gasteiger partial charge in [0.05, 0.1) is 17.5 Å². The Morgan fingerprint density at radius 3 is 2.65 bits per heavy atom. The van der Waals surface area contributed by atoms with E-state index in [2.05, 4.69) is 10.00 Å². The van der Waals surface area contributed by atoms with Gasteiger partial charge in [-0.1, -0.05) is 11.6 Å². The second-order valence-electron chi connectivity index (χ2n) is 6.05. The van der Waals surface area contributed by atoms with Crippen molar-refractivity contribution < 1.29 is 9.53 Å². The summed E-state index contributed by atoms with van der Waals surface area (Å²) in [5.41, 5.74) is 0.0530. The van der Waals surface area contributed by atoms with Crippen LogP contribution < -0.4 is 5.56 Å². The average molecular weight is 397 g/mol. The second-order valence-corrected chi connectivity index (χ2v) is 7.85. The fraction of sp³-hybridized carbons (Fsp3) is 0.471. The van der Waals surface area contributed by atoms with Gasteiger partial charge in [0.15, 0.2) is 0 Å². The Hall–Kier alpha value is -1.74. The lowest BCUT2D eigenvalue weighted by Crippen LogP contribution is -2.48. The molecule has 0 aliphatic carbocycles. The normalized spacial score (nSPS) is 15.4. The number of nitrogens with zero attached hydrogens (tertiary/aromatic N) is 4. The van der Waals surface area contributed by atoms with Crippen molar-refractivity contribution in [1.29, 1.82) is 0 Å². The SMILES string of the molecule is COCCn1nc(C(=O)N2CCN(Cc3ccc(Cl)s3)CC2)ccc1=O. The molecular formula is C17H21ClN4O3S. The number of halogens is 1. The molecule has 7 nitrogen and oxygen atoms in total. The van der Waals surface area contributed by atoms with Crippen molar-refractivity contribution in [1.82, 2.24) is 19.6 Å². The Morgan fingerprint density at radius 1 is 1.23 bits per heavy atom. The number of ether oxygens (including phenoxy) is 1. The van der Waals surface area contributed by atoms with E-state index in [0.717, 1.165) is 24.0 Å². The monoisotopic (exact) mass is 396 g/mol. The van der Waals surface area contributed by atoms with Gasteiger partial charge in [0, 0.05) is 50.8 Å². The van der Waals surface area contributed by atoms with Crippen LogP contribution in [0.3, 0.4) is 0 Å². The summed E-state index contributed by atoms with van der Waals surface area (Å²) in [5, 5.41) is 4.18. The van der Waals surface area contributed by atoms with Gasteiger partial charge < -0.3 is 9.64 Å². The molecule has 9 heteroatoms. The molecule has 1 saturated heterocycles. The highest BCUT2D eigenvalue weighted by Gasteiger charge is 2.23. The van der Waals surface area contributed by atoms with Crippen LogP contribution in [0.5, 0.6) is 0 Å². The summed E-state index contributed by atoms with van der Waals surface area (Å²) in [7, 11) is 1.56. The van der Waals surface area contributed by atoms with Gasteiger partial charge >= 0.3 is 0 Å². The Balaban J connectivity index is 1.58. The molecule has 3 rings (SSSR count). The van der Waals surface area contributed by atoms with Crippen LogP contribution in [-0.4, -0.2) is 65.4 Å². The van der Waals surface area contributed by atoms with Gasteiger partial charge in [0.25, 0.3) is 11.5 Å². The second kappa shape index (κ2) is 8.77. The van der Waals surface area contributed by atoms with E-state index in [1.54, 1.807) is 23.3 Å². The fourth-order valence-electron chi connectivity index (χ4n) is 2.83. The lowest BCUT2D eigenvalue weighted by Gasteiger charge is -2.34. The zero-order valence-electron chi connectivity index (χ0n) is 14.6. The number of thiophene rings is 1. The van der Waals surface area contributed by atoms with Crippen LogP contribution in [0.25, 0.3) is 0 Å². The van der Waals surface area contributed by atoms with E-state index < -0.39 is 0 Å². The number of rotatable bonds is 6. The van der Waals surface area contributed by atoms with Crippen LogP contribution >= 0.6 is 22.9 Å². The van der Waals surface area contributed by atoms with Gasteiger partial charge in [-0.05, 0) is 18.2 Å². The minimum absolute atomic E-state index is 0.144. The third-order valence-corrected chi connectivity index (χ3v) is 5.48. The number of piperazine rings is 1. The fourth-order valence-corrected chi connectivity index (χ4v) is 3.96. The molecule has 0 atom stereocenters. The van der Waals surface area contributed by atoms with Crippen LogP contribution in [0.15, 0.2) is 29.1 Å². The summed E-state index contributed by atoms with van der Waals surface area (Å²) in [6.45, 7) is 4.41. The number of hydrogen-bond donors (Lipinski definition) is 0. The predicted molar refractivity (Wildman–Crippen MR) is 101 cm³/mol. The highest BCUT2D eigenvalue weighted by molar-refractivity contribution is 7.16. The molecule has 0 bridgehead atoms. The van der Waals surface area contributed by atoms with E-state index in [4.69, 9.17) is 16.3 Å². The molecule has 140 valence electrons. The van der Waals surface area contributed by atoms with Crippen LogP contribution in [0, 0.1) is 0 Å². The van der Waals surface area contributed by atoms with Crippen molar-refractivity contribution in [2.45, 2.75) is 13.1 Å². The minimum atomic E-state index is -0.238. The van der Waals surface area contributed by atoms with Gasteiger partial charge in [-0.15, -0.1) is 11.3 Å². The van der Waals surface area contributed by atoms with Crippen LogP contribution in [-0.2, 0) is 17.8 Å². The molecule has 1 fully saturated rings. The standard InChI is InChI=1S/C17H21ClN4O3S/c1-25-11-10-22-16(23)5-3-14(19-22)17(24)21-8-6-20(7-9-21)12-13-2-4-15(18)26-13/h2-5H,6-12H2,1H3. The Bertz CT molecular complexity index is 814. The first-order valence-electron chi connectivity index (χ1n) is 8.40. The van der Waals surface area contributed by atoms with Gasteiger partial charge in [0.1, 0.15) is 5.69 Å². The molecule has 26 heavy (non-hydrogen) atoms. The van der Waals surface area contributed by atoms with E-state index in [0.29, 0.717) is 31.9 Å². The molecule has 0 spiro atoms. The molecule has 1 aliphatic rings. The first-order valence-corrected chi connectivity index (χ1v) is 9.59. The van der Waals surface area contributed by atoms with Gasteiger partial charge in [-0.25, -0.2) is 4.68 Å². The van der Waals surface area contributed by atoms with Crippen molar-refractivity contribution in [3.05, 3.63) is 49.5 Å². The Morgan fingerprint density at radius 2 is 2.00 bits per heavy atom. The van der Waals surface area contributed by atoms with Crippen LogP contribution in [0.2, 0.25) is 4.34 Å². The highest BCUT2D eigenvalue weighted by atomic mass is 35.5. The molecule has 0 radical (unpaired) electrons. The molecule has 2 aromatic rings. The van der Waals surface area contributed by atoms with E-state index in [-0.39, 0.29) is 11.5 Å². The number of hydrogen-bond acceptors (Lipinski definition) is 6. The number of carbonyl (C=O) groups is 1. The maximum atomic E-state index is 12.7. The average Bonchev–Trinajstić information content (AvgIpc) is 3.06. The molecular weight excluding hydrogens is 376 g/mol. The third kappa shape index (κ3) is 4.70.